The first-order valence-electron chi connectivity index (χ1n) is 7.91. The molecule has 0 atom stereocenters. The smallest absolute Gasteiger partial charge is 0.319 e. The standard InChI is InChI=1S/C19H20N4O/c1-15-6-5-7-17(12-15)22-19(24)20-11-10-16-13-21-23(14-16)18-8-3-2-4-9-18/h2-9,12-14H,10-11H2,1H3,(H2,20,22,24). The fourth-order valence-corrected chi connectivity index (χ4v) is 2.43. The summed E-state index contributed by atoms with van der Waals surface area (Å²) in [5.41, 5.74) is 4.01. The van der Waals surface area contributed by atoms with Gasteiger partial charge in [-0.25, -0.2) is 9.48 Å². The summed E-state index contributed by atoms with van der Waals surface area (Å²) in [4.78, 5) is 11.9. The average Bonchev–Trinajstić information content (AvgIpc) is 3.04. The number of carbonyl (C=O) groups is 1. The molecule has 0 spiro atoms. The normalized spacial score (nSPS) is 10.4. The van der Waals surface area contributed by atoms with Gasteiger partial charge in [0.05, 0.1) is 11.9 Å². The van der Waals surface area contributed by atoms with Gasteiger partial charge in [-0.3, -0.25) is 0 Å². The van der Waals surface area contributed by atoms with E-state index in [1.807, 2.05) is 78.6 Å². The van der Waals surface area contributed by atoms with Crippen LogP contribution < -0.4 is 10.6 Å². The van der Waals surface area contributed by atoms with Crippen LogP contribution in [0.3, 0.4) is 0 Å². The Balaban J connectivity index is 1.48. The van der Waals surface area contributed by atoms with Gasteiger partial charge in [-0.15, -0.1) is 0 Å². The first kappa shape index (κ1) is 15.8. The number of urea groups is 1. The van der Waals surface area contributed by atoms with Crippen molar-refractivity contribution in [2.75, 3.05) is 11.9 Å². The molecule has 3 rings (SSSR count). The van der Waals surface area contributed by atoms with Crippen molar-refractivity contribution in [3.8, 4) is 5.69 Å². The minimum absolute atomic E-state index is 0.198. The van der Waals surface area contributed by atoms with Crippen molar-refractivity contribution in [3.63, 3.8) is 0 Å². The van der Waals surface area contributed by atoms with Crippen LogP contribution in [0.5, 0.6) is 0 Å². The summed E-state index contributed by atoms with van der Waals surface area (Å²) in [5.74, 6) is 0. The lowest BCUT2D eigenvalue weighted by molar-refractivity contribution is 0.252. The summed E-state index contributed by atoms with van der Waals surface area (Å²) in [6.07, 6.45) is 4.54. The maximum Gasteiger partial charge on any atom is 0.319 e. The van der Waals surface area contributed by atoms with Crippen molar-refractivity contribution in [1.29, 1.82) is 0 Å². The number of rotatable bonds is 5. The van der Waals surface area contributed by atoms with Gasteiger partial charge in [0.25, 0.3) is 0 Å². The van der Waals surface area contributed by atoms with Gasteiger partial charge in [-0.05, 0) is 48.7 Å². The van der Waals surface area contributed by atoms with E-state index in [0.717, 1.165) is 28.9 Å². The number of aryl methyl sites for hydroxylation is 1. The Kier molecular flexibility index (Phi) is 4.91. The Morgan fingerprint density at radius 3 is 2.75 bits per heavy atom. The Bertz CT molecular complexity index is 811. The molecule has 1 heterocycles. The molecule has 0 saturated heterocycles. The molecule has 0 saturated carbocycles. The van der Waals surface area contributed by atoms with E-state index in [2.05, 4.69) is 15.7 Å². The Morgan fingerprint density at radius 2 is 1.96 bits per heavy atom. The second kappa shape index (κ2) is 7.46. The highest BCUT2D eigenvalue weighted by Crippen LogP contribution is 2.09. The summed E-state index contributed by atoms with van der Waals surface area (Å²) < 4.78 is 1.84. The van der Waals surface area contributed by atoms with E-state index in [1.54, 1.807) is 0 Å². The van der Waals surface area contributed by atoms with Gasteiger partial charge in [-0.2, -0.15) is 5.10 Å². The number of anilines is 1. The first-order chi connectivity index (χ1) is 11.7. The zero-order valence-corrected chi connectivity index (χ0v) is 13.6. The summed E-state index contributed by atoms with van der Waals surface area (Å²) >= 11 is 0. The largest absolute Gasteiger partial charge is 0.338 e. The highest BCUT2D eigenvalue weighted by atomic mass is 16.2. The Morgan fingerprint density at radius 1 is 1.12 bits per heavy atom. The van der Waals surface area contributed by atoms with E-state index in [1.165, 1.54) is 0 Å². The lowest BCUT2D eigenvalue weighted by atomic mass is 10.2. The highest BCUT2D eigenvalue weighted by Gasteiger charge is 2.03. The molecule has 5 heteroatoms. The fourth-order valence-electron chi connectivity index (χ4n) is 2.43. The second-order valence-electron chi connectivity index (χ2n) is 5.63. The van der Waals surface area contributed by atoms with Crippen LogP contribution in [-0.4, -0.2) is 22.4 Å². The molecule has 2 N–H and O–H groups in total. The number of nitrogens with zero attached hydrogens (tertiary/aromatic N) is 2. The number of nitrogens with one attached hydrogen (secondary N) is 2. The van der Waals surface area contributed by atoms with Crippen molar-refractivity contribution < 1.29 is 4.79 Å². The van der Waals surface area contributed by atoms with Crippen molar-refractivity contribution >= 4 is 11.7 Å². The van der Waals surface area contributed by atoms with E-state index in [-0.39, 0.29) is 6.03 Å². The first-order valence-corrected chi connectivity index (χ1v) is 7.91. The van der Waals surface area contributed by atoms with Crippen LogP contribution >= 0.6 is 0 Å². The number of carbonyl (C=O) groups excluding carboxylic acids is 1. The van der Waals surface area contributed by atoms with E-state index in [4.69, 9.17) is 0 Å². The maximum atomic E-state index is 11.9. The minimum Gasteiger partial charge on any atom is -0.338 e. The van der Waals surface area contributed by atoms with Crippen molar-refractivity contribution in [2.45, 2.75) is 13.3 Å². The Labute approximate surface area is 141 Å². The van der Waals surface area contributed by atoms with Crippen LogP contribution in [0.15, 0.2) is 67.0 Å². The summed E-state index contributed by atoms with van der Waals surface area (Å²) in [7, 11) is 0. The molecular formula is C19H20N4O. The molecule has 0 fully saturated rings. The van der Waals surface area contributed by atoms with Gasteiger partial charge >= 0.3 is 6.03 Å². The second-order valence-corrected chi connectivity index (χ2v) is 5.63. The Hall–Kier alpha value is -3.08. The SMILES string of the molecule is Cc1cccc(NC(=O)NCCc2cnn(-c3ccccc3)c2)c1. The monoisotopic (exact) mass is 320 g/mol. The highest BCUT2D eigenvalue weighted by molar-refractivity contribution is 5.89. The van der Waals surface area contributed by atoms with E-state index in [0.29, 0.717) is 6.54 Å². The predicted molar refractivity (Wildman–Crippen MR) is 95.5 cm³/mol. The lowest BCUT2D eigenvalue weighted by Crippen LogP contribution is -2.30. The number of amides is 2. The third-order valence-electron chi connectivity index (χ3n) is 3.63. The lowest BCUT2D eigenvalue weighted by Gasteiger charge is -2.07. The quantitative estimate of drug-likeness (QED) is 0.755. The van der Waals surface area contributed by atoms with Crippen LogP contribution in [0.2, 0.25) is 0 Å². The van der Waals surface area contributed by atoms with Crippen LogP contribution in [-0.2, 0) is 6.42 Å². The van der Waals surface area contributed by atoms with Crippen molar-refractivity contribution in [3.05, 3.63) is 78.1 Å². The third-order valence-corrected chi connectivity index (χ3v) is 3.63. The molecule has 0 aliphatic rings. The fraction of sp³-hybridized carbons (Fsp3) is 0.158. The zero-order valence-electron chi connectivity index (χ0n) is 13.6. The minimum atomic E-state index is -0.198. The molecule has 122 valence electrons. The molecule has 2 amide bonds. The molecule has 2 aromatic carbocycles. The third kappa shape index (κ3) is 4.23. The molecule has 0 unspecified atom stereocenters. The van der Waals surface area contributed by atoms with Gasteiger partial charge < -0.3 is 10.6 Å². The van der Waals surface area contributed by atoms with Crippen LogP contribution in [0.1, 0.15) is 11.1 Å². The van der Waals surface area contributed by atoms with Gasteiger partial charge in [0.2, 0.25) is 0 Å². The zero-order chi connectivity index (χ0) is 16.8. The average molecular weight is 320 g/mol. The number of hydrogen-bond acceptors (Lipinski definition) is 2. The molecule has 0 aliphatic carbocycles. The van der Waals surface area contributed by atoms with Crippen LogP contribution in [0, 0.1) is 6.92 Å². The van der Waals surface area contributed by atoms with E-state index in [9.17, 15) is 4.79 Å². The summed E-state index contributed by atoms with van der Waals surface area (Å²) in [5, 5.41) is 10.0. The number of hydrogen-bond donors (Lipinski definition) is 2. The molecule has 3 aromatic rings. The van der Waals surface area contributed by atoms with Gasteiger partial charge in [0.15, 0.2) is 0 Å². The molecule has 1 aromatic heterocycles. The maximum absolute atomic E-state index is 11.9. The van der Waals surface area contributed by atoms with Crippen molar-refractivity contribution in [1.82, 2.24) is 15.1 Å². The molecular weight excluding hydrogens is 300 g/mol. The molecule has 0 radical (unpaired) electrons. The van der Waals surface area contributed by atoms with Gasteiger partial charge in [-0.1, -0.05) is 30.3 Å². The number of para-hydroxylation sites is 1. The summed E-state index contributed by atoms with van der Waals surface area (Å²) in [6.45, 7) is 2.55. The molecule has 0 aliphatic heterocycles. The molecule has 5 nitrogen and oxygen atoms in total. The van der Waals surface area contributed by atoms with Crippen LogP contribution in [0.4, 0.5) is 10.5 Å². The van der Waals surface area contributed by atoms with Crippen molar-refractivity contribution in [2.24, 2.45) is 0 Å². The van der Waals surface area contributed by atoms with Gasteiger partial charge in [0.1, 0.15) is 0 Å². The summed E-state index contributed by atoms with van der Waals surface area (Å²) in [6, 6.07) is 17.5. The topological polar surface area (TPSA) is 59.0 Å². The van der Waals surface area contributed by atoms with Crippen LogP contribution in [0.25, 0.3) is 5.69 Å². The predicted octanol–water partition coefficient (Wildman–Crippen LogP) is 3.54. The molecule has 24 heavy (non-hydrogen) atoms. The number of benzene rings is 2. The molecule has 0 bridgehead atoms. The number of aromatic nitrogens is 2. The van der Waals surface area contributed by atoms with E-state index < -0.39 is 0 Å². The van der Waals surface area contributed by atoms with E-state index >= 15 is 0 Å². The van der Waals surface area contributed by atoms with Gasteiger partial charge in [0, 0.05) is 18.4 Å².